The second-order valence-electron chi connectivity index (χ2n) is 8.14. The predicted molar refractivity (Wildman–Crippen MR) is 97.3 cm³/mol. The highest BCUT2D eigenvalue weighted by Gasteiger charge is 2.32. The first kappa shape index (κ1) is 16.7. The summed E-state index contributed by atoms with van der Waals surface area (Å²) in [6.45, 7) is 3.52. The van der Waals surface area contributed by atoms with Gasteiger partial charge in [0, 0.05) is 12.1 Å². The van der Waals surface area contributed by atoms with Crippen LogP contribution in [0, 0.1) is 0 Å². The van der Waals surface area contributed by atoms with Crippen LogP contribution in [0.1, 0.15) is 62.4 Å². The molecule has 0 aliphatic heterocycles. The number of aromatic nitrogens is 3. The molecule has 1 heterocycles. The highest BCUT2D eigenvalue weighted by atomic mass is 16.3. The maximum Gasteiger partial charge on any atom is 0.114 e. The zero-order valence-electron chi connectivity index (χ0n) is 15.2. The van der Waals surface area contributed by atoms with Crippen molar-refractivity contribution in [3.8, 4) is 0 Å². The Morgan fingerprint density at radius 2 is 1.80 bits per heavy atom. The molecule has 2 N–H and O–H groups in total. The van der Waals surface area contributed by atoms with E-state index in [4.69, 9.17) is 0 Å². The van der Waals surface area contributed by atoms with E-state index in [1.807, 2.05) is 10.9 Å². The van der Waals surface area contributed by atoms with Crippen molar-refractivity contribution in [3.05, 3.63) is 47.3 Å². The van der Waals surface area contributed by atoms with Crippen LogP contribution in [0.25, 0.3) is 0 Å². The van der Waals surface area contributed by atoms with Crippen molar-refractivity contribution in [3.63, 3.8) is 0 Å². The molecule has 2 aliphatic carbocycles. The Balaban J connectivity index is 1.48. The van der Waals surface area contributed by atoms with Crippen LogP contribution in [0.15, 0.2) is 30.5 Å². The van der Waals surface area contributed by atoms with Gasteiger partial charge in [-0.15, -0.1) is 5.10 Å². The summed E-state index contributed by atoms with van der Waals surface area (Å²) in [7, 11) is 0. The topological polar surface area (TPSA) is 63.0 Å². The van der Waals surface area contributed by atoms with E-state index in [-0.39, 0.29) is 0 Å². The summed E-state index contributed by atoms with van der Waals surface area (Å²) in [4.78, 5) is 0. The lowest BCUT2D eigenvalue weighted by Gasteiger charge is -2.34. The molecule has 0 bridgehead atoms. The number of hydrogen-bond donors (Lipinski definition) is 2. The monoisotopic (exact) mass is 340 g/mol. The first-order chi connectivity index (χ1) is 12.0. The Hall–Kier alpha value is -1.72. The van der Waals surface area contributed by atoms with Crippen molar-refractivity contribution in [1.29, 1.82) is 0 Å². The maximum atomic E-state index is 10.2. The molecule has 4 rings (SSSR count). The largest absolute Gasteiger partial charge is 0.384 e. The smallest absolute Gasteiger partial charge is 0.114 e. The van der Waals surface area contributed by atoms with Crippen LogP contribution in [0.2, 0.25) is 0 Å². The average molecular weight is 340 g/mol. The zero-order valence-corrected chi connectivity index (χ0v) is 15.2. The van der Waals surface area contributed by atoms with Gasteiger partial charge in [-0.3, -0.25) is 0 Å². The van der Waals surface area contributed by atoms with Gasteiger partial charge in [-0.25, -0.2) is 4.68 Å². The molecule has 1 aromatic heterocycles. The number of benzene rings is 1. The van der Waals surface area contributed by atoms with E-state index in [0.717, 1.165) is 19.3 Å². The minimum absolute atomic E-state index is 0.320. The molecule has 0 unspecified atom stereocenters. The van der Waals surface area contributed by atoms with E-state index >= 15 is 0 Å². The van der Waals surface area contributed by atoms with Gasteiger partial charge in [0.15, 0.2) is 0 Å². The zero-order chi connectivity index (χ0) is 17.4. The predicted octanol–water partition coefficient (Wildman–Crippen LogP) is 2.75. The van der Waals surface area contributed by atoms with Crippen LogP contribution < -0.4 is 5.32 Å². The molecule has 0 saturated heterocycles. The van der Waals surface area contributed by atoms with Gasteiger partial charge in [0.1, 0.15) is 11.3 Å². The lowest BCUT2D eigenvalue weighted by atomic mass is 9.89. The summed E-state index contributed by atoms with van der Waals surface area (Å²) >= 11 is 0. The lowest BCUT2D eigenvalue weighted by molar-refractivity contribution is 0.0736. The standard InChI is InChI=1S/C20H28N4O/c1-20(2,25)19-13-24(23-22-19)18-10-6-5-9-17(18)21-16-11-14-7-3-4-8-15(14)12-16/h3-4,7-8,13,16-18,21,25H,5-6,9-12H2,1-2H3/t17-,18+/m0/s1. The van der Waals surface area contributed by atoms with Gasteiger partial charge in [-0.2, -0.15) is 0 Å². The molecule has 25 heavy (non-hydrogen) atoms. The van der Waals surface area contributed by atoms with Gasteiger partial charge in [-0.1, -0.05) is 42.3 Å². The van der Waals surface area contributed by atoms with Crippen molar-refractivity contribution in [2.75, 3.05) is 0 Å². The van der Waals surface area contributed by atoms with E-state index in [1.165, 1.54) is 30.4 Å². The molecule has 1 saturated carbocycles. The SMILES string of the molecule is CC(C)(O)c1cn([C@@H]2CCCC[C@@H]2NC2Cc3ccccc3C2)nn1. The summed E-state index contributed by atoms with van der Waals surface area (Å²) in [5.74, 6) is 0. The molecule has 0 amide bonds. The fourth-order valence-electron chi connectivity index (χ4n) is 4.32. The molecule has 2 aromatic rings. The van der Waals surface area contributed by atoms with Gasteiger partial charge in [0.05, 0.1) is 12.2 Å². The molecule has 0 radical (unpaired) electrons. The number of rotatable bonds is 4. The fraction of sp³-hybridized carbons (Fsp3) is 0.600. The van der Waals surface area contributed by atoms with Crippen LogP contribution in [0.4, 0.5) is 0 Å². The summed E-state index contributed by atoms with van der Waals surface area (Å²) < 4.78 is 1.98. The van der Waals surface area contributed by atoms with Gasteiger partial charge in [0.25, 0.3) is 0 Å². The van der Waals surface area contributed by atoms with Crippen molar-refractivity contribution < 1.29 is 5.11 Å². The van der Waals surface area contributed by atoms with Gasteiger partial charge >= 0.3 is 0 Å². The average Bonchev–Trinajstić information content (AvgIpc) is 3.21. The molecule has 5 nitrogen and oxygen atoms in total. The number of aliphatic hydroxyl groups is 1. The quantitative estimate of drug-likeness (QED) is 0.898. The summed E-state index contributed by atoms with van der Waals surface area (Å²) in [5.41, 5.74) is 2.67. The van der Waals surface area contributed by atoms with E-state index in [0.29, 0.717) is 23.8 Å². The molecule has 5 heteroatoms. The second kappa shape index (κ2) is 6.54. The van der Waals surface area contributed by atoms with Crippen molar-refractivity contribution in [2.24, 2.45) is 0 Å². The van der Waals surface area contributed by atoms with Crippen LogP contribution in [0.3, 0.4) is 0 Å². The Morgan fingerprint density at radius 1 is 1.12 bits per heavy atom. The second-order valence-corrected chi connectivity index (χ2v) is 8.14. The Labute approximate surface area is 149 Å². The molecular weight excluding hydrogens is 312 g/mol. The highest BCUT2D eigenvalue weighted by Crippen LogP contribution is 2.31. The Bertz CT molecular complexity index is 708. The molecule has 2 aliphatic rings. The molecule has 1 aromatic carbocycles. The van der Waals surface area contributed by atoms with E-state index in [2.05, 4.69) is 39.9 Å². The van der Waals surface area contributed by atoms with E-state index in [1.54, 1.807) is 13.8 Å². The molecule has 0 spiro atoms. The third-order valence-corrected chi connectivity index (χ3v) is 5.71. The number of nitrogens with one attached hydrogen (secondary N) is 1. The van der Waals surface area contributed by atoms with E-state index < -0.39 is 5.60 Å². The lowest BCUT2D eigenvalue weighted by Crippen LogP contribution is -2.45. The van der Waals surface area contributed by atoms with Crippen LogP contribution in [0.5, 0.6) is 0 Å². The van der Waals surface area contributed by atoms with Crippen LogP contribution in [-0.4, -0.2) is 32.2 Å². The number of hydrogen-bond acceptors (Lipinski definition) is 4. The minimum atomic E-state index is -0.942. The normalized spacial score (nSPS) is 24.4. The van der Waals surface area contributed by atoms with Gasteiger partial charge < -0.3 is 10.4 Å². The Kier molecular flexibility index (Phi) is 4.38. The van der Waals surface area contributed by atoms with E-state index in [9.17, 15) is 5.11 Å². The van der Waals surface area contributed by atoms with Crippen LogP contribution in [-0.2, 0) is 18.4 Å². The van der Waals surface area contributed by atoms with Crippen LogP contribution >= 0.6 is 0 Å². The van der Waals surface area contributed by atoms with Gasteiger partial charge in [0.2, 0.25) is 0 Å². The molecular formula is C20H28N4O. The van der Waals surface area contributed by atoms with Crippen molar-refractivity contribution >= 4 is 0 Å². The third-order valence-electron chi connectivity index (χ3n) is 5.71. The third kappa shape index (κ3) is 3.48. The molecule has 1 fully saturated rings. The highest BCUT2D eigenvalue weighted by molar-refractivity contribution is 5.33. The molecule has 134 valence electrons. The number of fused-ring (bicyclic) bond motifs is 1. The number of nitrogens with zero attached hydrogens (tertiary/aromatic N) is 3. The summed E-state index contributed by atoms with van der Waals surface area (Å²) in [6.07, 6.45) is 8.94. The minimum Gasteiger partial charge on any atom is -0.384 e. The fourth-order valence-corrected chi connectivity index (χ4v) is 4.32. The molecule has 2 atom stereocenters. The van der Waals surface area contributed by atoms with Gasteiger partial charge in [-0.05, 0) is 50.7 Å². The van der Waals surface area contributed by atoms with Crippen molar-refractivity contribution in [1.82, 2.24) is 20.3 Å². The van der Waals surface area contributed by atoms with Crippen molar-refractivity contribution in [2.45, 2.75) is 76.1 Å². The maximum absolute atomic E-state index is 10.2. The Morgan fingerprint density at radius 3 is 2.44 bits per heavy atom. The summed E-state index contributed by atoms with van der Waals surface area (Å²) in [6, 6.07) is 10.0. The first-order valence-corrected chi connectivity index (χ1v) is 9.48. The summed E-state index contributed by atoms with van der Waals surface area (Å²) in [5, 5.41) is 22.6. The first-order valence-electron chi connectivity index (χ1n) is 9.48.